The Balaban J connectivity index is 1.88. The van der Waals surface area contributed by atoms with Crippen LogP contribution in [0.5, 0.6) is 0 Å². The first-order chi connectivity index (χ1) is 9.42. The van der Waals surface area contributed by atoms with Crippen molar-refractivity contribution in [1.82, 2.24) is 9.80 Å². The van der Waals surface area contributed by atoms with Crippen LogP contribution < -0.4 is 4.72 Å². The van der Waals surface area contributed by atoms with Crippen LogP contribution in [0.25, 0.3) is 0 Å². The molecule has 0 unspecified atom stereocenters. The first-order valence-corrected chi connectivity index (χ1v) is 8.79. The average Bonchev–Trinajstić information content (AvgIpc) is 2.36. The van der Waals surface area contributed by atoms with Crippen molar-refractivity contribution in [2.45, 2.75) is 6.42 Å². The fourth-order valence-corrected chi connectivity index (χ4v) is 2.92. The molecule has 1 aromatic rings. The summed E-state index contributed by atoms with van der Waals surface area (Å²) < 4.78 is 25.0. The lowest BCUT2D eigenvalue weighted by Gasteiger charge is -2.32. The molecule has 0 aromatic heterocycles. The van der Waals surface area contributed by atoms with Gasteiger partial charge in [0.1, 0.15) is 0 Å². The van der Waals surface area contributed by atoms with Gasteiger partial charge in [-0.2, -0.15) is 0 Å². The van der Waals surface area contributed by atoms with Gasteiger partial charge in [-0.15, -0.1) is 0 Å². The molecule has 0 radical (unpaired) electrons. The Hall–Kier alpha value is -1.11. The van der Waals surface area contributed by atoms with Gasteiger partial charge in [0, 0.05) is 38.4 Å². The number of anilines is 1. The molecule has 1 aliphatic rings. The number of hydrogen-bond acceptors (Lipinski definition) is 4. The second-order valence-corrected chi connectivity index (χ2v) is 7.22. The van der Waals surface area contributed by atoms with Gasteiger partial charge < -0.3 is 9.80 Å². The zero-order valence-corrected chi connectivity index (χ0v) is 13.0. The molecule has 1 fully saturated rings. The summed E-state index contributed by atoms with van der Waals surface area (Å²) in [5, 5.41) is 0. The minimum Gasteiger partial charge on any atom is -0.304 e. The Labute approximate surface area is 121 Å². The summed E-state index contributed by atoms with van der Waals surface area (Å²) in [5.74, 6) is 0. The van der Waals surface area contributed by atoms with Gasteiger partial charge in [-0.25, -0.2) is 8.42 Å². The van der Waals surface area contributed by atoms with E-state index in [0.717, 1.165) is 44.7 Å². The molecule has 1 aromatic carbocycles. The predicted octanol–water partition coefficient (Wildman–Crippen LogP) is 0.848. The Morgan fingerprint density at radius 3 is 2.55 bits per heavy atom. The summed E-state index contributed by atoms with van der Waals surface area (Å²) in [7, 11) is -1.05. The second-order valence-electron chi connectivity index (χ2n) is 5.47. The van der Waals surface area contributed by atoms with Gasteiger partial charge in [0.05, 0.1) is 6.26 Å². The van der Waals surface area contributed by atoms with Crippen LogP contribution >= 0.6 is 0 Å². The summed E-state index contributed by atoms with van der Waals surface area (Å²) in [5.41, 5.74) is 1.81. The highest BCUT2D eigenvalue weighted by Gasteiger charge is 2.13. The second kappa shape index (κ2) is 6.56. The third-order valence-electron chi connectivity index (χ3n) is 3.54. The highest BCUT2D eigenvalue weighted by atomic mass is 32.2. The molecular formula is C14H23N3O2S. The molecule has 112 valence electrons. The third-order valence-corrected chi connectivity index (χ3v) is 4.15. The topological polar surface area (TPSA) is 52.6 Å². The van der Waals surface area contributed by atoms with Gasteiger partial charge in [-0.3, -0.25) is 4.72 Å². The van der Waals surface area contributed by atoms with Crippen molar-refractivity contribution in [2.24, 2.45) is 0 Å². The molecule has 6 heteroatoms. The van der Waals surface area contributed by atoms with Gasteiger partial charge in [-0.1, -0.05) is 12.1 Å². The van der Waals surface area contributed by atoms with Crippen molar-refractivity contribution in [3.63, 3.8) is 0 Å². The van der Waals surface area contributed by atoms with E-state index in [0.29, 0.717) is 5.69 Å². The molecule has 0 atom stereocenters. The van der Waals surface area contributed by atoms with Gasteiger partial charge >= 0.3 is 0 Å². The molecule has 1 N–H and O–H groups in total. The van der Waals surface area contributed by atoms with Crippen LogP contribution in [0.4, 0.5) is 5.69 Å². The molecule has 0 spiro atoms. The van der Waals surface area contributed by atoms with Crippen LogP contribution in [0.1, 0.15) is 5.56 Å². The van der Waals surface area contributed by atoms with Crippen LogP contribution in [0.2, 0.25) is 0 Å². The van der Waals surface area contributed by atoms with Crippen LogP contribution in [-0.2, 0) is 16.4 Å². The lowest BCUT2D eigenvalue weighted by Crippen LogP contribution is -2.45. The summed E-state index contributed by atoms with van der Waals surface area (Å²) in [6.07, 6.45) is 2.12. The molecule has 0 aliphatic carbocycles. The van der Waals surface area contributed by atoms with Gasteiger partial charge in [-0.05, 0) is 31.2 Å². The highest BCUT2D eigenvalue weighted by molar-refractivity contribution is 7.92. The average molecular weight is 297 g/mol. The van der Waals surface area contributed by atoms with Crippen molar-refractivity contribution < 1.29 is 8.42 Å². The summed E-state index contributed by atoms with van der Waals surface area (Å²) in [6, 6.07) is 7.63. The van der Waals surface area contributed by atoms with Crippen molar-refractivity contribution in [3.8, 4) is 0 Å². The van der Waals surface area contributed by atoms with Gasteiger partial charge in [0.2, 0.25) is 10.0 Å². The van der Waals surface area contributed by atoms with E-state index in [4.69, 9.17) is 0 Å². The van der Waals surface area contributed by atoms with E-state index >= 15 is 0 Å². The standard InChI is InChI=1S/C14H23N3O2S/c1-16-8-10-17(11-9-16)7-6-13-4-3-5-14(12-13)15-20(2,18)19/h3-5,12,15H,6-11H2,1-2H3. The normalized spacial score (nSPS) is 18.1. The molecule has 1 saturated heterocycles. The quantitative estimate of drug-likeness (QED) is 0.875. The van der Waals surface area contributed by atoms with Gasteiger partial charge in [0.15, 0.2) is 0 Å². The largest absolute Gasteiger partial charge is 0.304 e. The number of rotatable bonds is 5. The first-order valence-electron chi connectivity index (χ1n) is 6.90. The van der Waals surface area contributed by atoms with E-state index < -0.39 is 10.0 Å². The van der Waals surface area contributed by atoms with E-state index in [1.165, 1.54) is 6.26 Å². The predicted molar refractivity (Wildman–Crippen MR) is 82.5 cm³/mol. The number of hydrogen-bond donors (Lipinski definition) is 1. The molecule has 2 rings (SSSR count). The van der Waals surface area contributed by atoms with Crippen molar-refractivity contribution in [2.75, 3.05) is 50.7 Å². The molecule has 0 bridgehead atoms. The number of benzene rings is 1. The van der Waals surface area contributed by atoms with Crippen molar-refractivity contribution in [3.05, 3.63) is 29.8 Å². The minimum absolute atomic E-state index is 0.642. The lowest BCUT2D eigenvalue weighted by atomic mass is 10.1. The number of sulfonamides is 1. The maximum Gasteiger partial charge on any atom is 0.229 e. The SMILES string of the molecule is CN1CCN(CCc2cccc(NS(C)(=O)=O)c2)CC1. The zero-order chi connectivity index (χ0) is 14.6. The van der Waals surface area contributed by atoms with E-state index in [1.807, 2.05) is 18.2 Å². The fourth-order valence-electron chi connectivity index (χ4n) is 2.36. The Bertz CT molecular complexity index is 537. The smallest absolute Gasteiger partial charge is 0.229 e. The van der Waals surface area contributed by atoms with Crippen molar-refractivity contribution in [1.29, 1.82) is 0 Å². The minimum atomic E-state index is -3.20. The number of piperazine rings is 1. The van der Waals surface area contributed by atoms with Crippen molar-refractivity contribution >= 4 is 15.7 Å². The van der Waals surface area contributed by atoms with Crippen LogP contribution in [0.15, 0.2) is 24.3 Å². The zero-order valence-electron chi connectivity index (χ0n) is 12.2. The molecule has 5 nitrogen and oxygen atoms in total. The summed E-state index contributed by atoms with van der Waals surface area (Å²) >= 11 is 0. The lowest BCUT2D eigenvalue weighted by molar-refractivity contribution is 0.155. The van der Waals surface area contributed by atoms with E-state index in [9.17, 15) is 8.42 Å². The molecule has 0 saturated carbocycles. The van der Waals surface area contributed by atoms with E-state index in [1.54, 1.807) is 6.07 Å². The van der Waals surface area contributed by atoms with E-state index in [-0.39, 0.29) is 0 Å². The Kier molecular flexibility index (Phi) is 5.01. The maximum absolute atomic E-state index is 11.2. The molecule has 1 heterocycles. The molecule has 0 amide bonds. The molecule has 1 aliphatic heterocycles. The van der Waals surface area contributed by atoms with E-state index in [2.05, 4.69) is 21.6 Å². The summed E-state index contributed by atoms with van der Waals surface area (Å²) in [6.45, 7) is 5.48. The molecule has 20 heavy (non-hydrogen) atoms. The van der Waals surface area contributed by atoms with Gasteiger partial charge in [0.25, 0.3) is 0 Å². The highest BCUT2D eigenvalue weighted by Crippen LogP contribution is 2.13. The first kappa shape index (κ1) is 15.3. The van der Waals surface area contributed by atoms with Crippen LogP contribution in [0.3, 0.4) is 0 Å². The van der Waals surface area contributed by atoms with Crippen LogP contribution in [-0.4, -0.2) is 64.2 Å². The molecular weight excluding hydrogens is 274 g/mol. The fraction of sp³-hybridized carbons (Fsp3) is 0.571. The number of nitrogens with zero attached hydrogens (tertiary/aromatic N) is 2. The number of likely N-dealkylation sites (N-methyl/N-ethyl adjacent to an activating group) is 1. The summed E-state index contributed by atoms with van der Waals surface area (Å²) in [4.78, 5) is 4.80. The third kappa shape index (κ3) is 5.11. The van der Waals surface area contributed by atoms with Crippen LogP contribution in [0, 0.1) is 0 Å². The monoisotopic (exact) mass is 297 g/mol. The number of nitrogens with one attached hydrogen (secondary N) is 1. The Morgan fingerprint density at radius 2 is 1.90 bits per heavy atom. The Morgan fingerprint density at radius 1 is 1.20 bits per heavy atom. The maximum atomic E-state index is 11.2.